The lowest BCUT2D eigenvalue weighted by Gasteiger charge is -2.34. The zero-order valence-corrected chi connectivity index (χ0v) is 14.3. The van der Waals surface area contributed by atoms with Crippen molar-refractivity contribution in [2.24, 2.45) is 0 Å². The molecule has 1 aromatic rings. The number of nitriles is 1. The summed E-state index contributed by atoms with van der Waals surface area (Å²) in [7, 11) is 0. The summed E-state index contributed by atoms with van der Waals surface area (Å²) in [6, 6.07) is 11.3. The molecule has 1 fully saturated rings. The lowest BCUT2D eigenvalue weighted by molar-refractivity contribution is 0.126. The highest BCUT2D eigenvalue weighted by Gasteiger charge is 2.17. The van der Waals surface area contributed by atoms with Gasteiger partial charge in [0.1, 0.15) is 0 Å². The number of hydrogen-bond donors (Lipinski definition) is 0. The van der Waals surface area contributed by atoms with Gasteiger partial charge in [-0.3, -0.25) is 4.90 Å². The van der Waals surface area contributed by atoms with E-state index in [-0.39, 0.29) is 5.41 Å². The van der Waals surface area contributed by atoms with E-state index in [1.54, 1.807) is 0 Å². The van der Waals surface area contributed by atoms with Gasteiger partial charge in [0.15, 0.2) is 0 Å². The van der Waals surface area contributed by atoms with E-state index in [0.29, 0.717) is 6.42 Å². The molecule has 0 atom stereocenters. The zero-order valence-electron chi connectivity index (χ0n) is 14.3. The van der Waals surface area contributed by atoms with Crippen LogP contribution in [0.15, 0.2) is 24.3 Å². The number of unbranched alkanes of at least 4 members (excludes halogenated alkanes) is 1. The maximum Gasteiger partial charge on any atom is 0.0622 e. The molecule has 3 heteroatoms. The van der Waals surface area contributed by atoms with Crippen LogP contribution in [0.5, 0.6) is 0 Å². The van der Waals surface area contributed by atoms with Crippen LogP contribution in [0.3, 0.4) is 0 Å². The summed E-state index contributed by atoms with van der Waals surface area (Å²) >= 11 is 0. The maximum atomic E-state index is 8.59. The Morgan fingerprint density at radius 3 is 2.14 bits per heavy atom. The number of nitrogens with zero attached hydrogens (tertiary/aromatic N) is 3. The Hall–Kier alpha value is -1.37. The van der Waals surface area contributed by atoms with Crippen molar-refractivity contribution < 1.29 is 0 Å². The van der Waals surface area contributed by atoms with Crippen LogP contribution in [0, 0.1) is 11.3 Å². The Bertz CT molecular complexity index is 485. The van der Waals surface area contributed by atoms with Gasteiger partial charge in [-0.25, -0.2) is 0 Å². The minimum atomic E-state index is 0.230. The molecule has 120 valence electrons. The third kappa shape index (κ3) is 5.12. The van der Waals surface area contributed by atoms with E-state index in [9.17, 15) is 0 Å². The van der Waals surface area contributed by atoms with Crippen molar-refractivity contribution in [3.8, 4) is 6.07 Å². The predicted octanol–water partition coefficient (Wildman–Crippen LogP) is 3.41. The van der Waals surface area contributed by atoms with Gasteiger partial charge in [0.05, 0.1) is 6.07 Å². The maximum absolute atomic E-state index is 8.59. The highest BCUT2D eigenvalue weighted by Crippen LogP contribution is 2.22. The first-order valence-electron chi connectivity index (χ1n) is 8.40. The second-order valence-corrected chi connectivity index (χ2v) is 7.33. The molecule has 1 aliphatic heterocycles. The molecular weight excluding hydrogens is 270 g/mol. The molecule has 1 aromatic carbocycles. The van der Waals surface area contributed by atoms with Crippen molar-refractivity contribution in [3.05, 3.63) is 35.4 Å². The molecule has 1 heterocycles. The monoisotopic (exact) mass is 299 g/mol. The van der Waals surface area contributed by atoms with E-state index in [0.717, 1.165) is 45.7 Å². The van der Waals surface area contributed by atoms with Crippen LogP contribution in [0.1, 0.15) is 44.7 Å². The normalized spacial score (nSPS) is 17.4. The summed E-state index contributed by atoms with van der Waals surface area (Å²) in [6.45, 7) is 13.4. The van der Waals surface area contributed by atoms with Crippen LogP contribution < -0.4 is 0 Å². The summed E-state index contributed by atoms with van der Waals surface area (Å²) in [5.41, 5.74) is 3.04. The molecule has 0 spiro atoms. The molecule has 0 aromatic heterocycles. The third-order valence-electron chi connectivity index (χ3n) is 4.45. The summed E-state index contributed by atoms with van der Waals surface area (Å²) in [4.78, 5) is 5.02. The van der Waals surface area contributed by atoms with Gasteiger partial charge in [-0.05, 0) is 29.5 Å². The lowest BCUT2D eigenvalue weighted by Crippen LogP contribution is -2.46. The van der Waals surface area contributed by atoms with E-state index < -0.39 is 0 Å². The van der Waals surface area contributed by atoms with E-state index in [4.69, 9.17) is 5.26 Å². The average Bonchev–Trinajstić information content (AvgIpc) is 2.49. The molecule has 22 heavy (non-hydrogen) atoms. The molecule has 0 bridgehead atoms. The van der Waals surface area contributed by atoms with Gasteiger partial charge in [-0.15, -0.1) is 0 Å². The number of piperazine rings is 1. The molecule has 0 radical (unpaired) electrons. The minimum Gasteiger partial charge on any atom is -0.301 e. The van der Waals surface area contributed by atoms with Gasteiger partial charge in [-0.2, -0.15) is 5.26 Å². The second-order valence-electron chi connectivity index (χ2n) is 7.33. The van der Waals surface area contributed by atoms with Crippen LogP contribution in [0.25, 0.3) is 0 Å². The average molecular weight is 299 g/mol. The first-order chi connectivity index (χ1) is 10.5. The highest BCUT2D eigenvalue weighted by atomic mass is 15.3. The fourth-order valence-corrected chi connectivity index (χ4v) is 2.92. The van der Waals surface area contributed by atoms with Crippen molar-refractivity contribution in [2.45, 2.75) is 45.6 Å². The van der Waals surface area contributed by atoms with Crippen LogP contribution in [-0.2, 0) is 12.0 Å². The van der Waals surface area contributed by atoms with Crippen molar-refractivity contribution in [1.82, 2.24) is 9.80 Å². The van der Waals surface area contributed by atoms with Crippen LogP contribution in [-0.4, -0.2) is 42.5 Å². The zero-order chi connectivity index (χ0) is 16.0. The van der Waals surface area contributed by atoms with Crippen LogP contribution >= 0.6 is 0 Å². The van der Waals surface area contributed by atoms with Crippen LogP contribution in [0.4, 0.5) is 0 Å². The molecular formula is C19H29N3. The lowest BCUT2D eigenvalue weighted by atomic mass is 9.87. The SMILES string of the molecule is CC(C)(C)c1ccc(CN2CCN(CCCC#N)CC2)cc1. The number of rotatable bonds is 5. The Kier molecular flexibility index (Phi) is 5.99. The molecule has 1 saturated heterocycles. The smallest absolute Gasteiger partial charge is 0.0622 e. The van der Waals surface area contributed by atoms with Gasteiger partial charge in [0.25, 0.3) is 0 Å². The summed E-state index contributed by atoms with van der Waals surface area (Å²) in [6.07, 6.45) is 1.69. The van der Waals surface area contributed by atoms with E-state index in [1.807, 2.05) is 0 Å². The Labute approximate surface area is 135 Å². The fourth-order valence-electron chi connectivity index (χ4n) is 2.92. The first-order valence-corrected chi connectivity index (χ1v) is 8.40. The third-order valence-corrected chi connectivity index (χ3v) is 4.45. The molecule has 0 saturated carbocycles. The number of hydrogen-bond acceptors (Lipinski definition) is 3. The van der Waals surface area contributed by atoms with Crippen molar-refractivity contribution in [2.75, 3.05) is 32.7 Å². The fraction of sp³-hybridized carbons (Fsp3) is 0.632. The predicted molar refractivity (Wildman–Crippen MR) is 91.7 cm³/mol. The van der Waals surface area contributed by atoms with E-state index in [1.165, 1.54) is 11.1 Å². The van der Waals surface area contributed by atoms with E-state index >= 15 is 0 Å². The summed E-state index contributed by atoms with van der Waals surface area (Å²) in [5, 5.41) is 8.59. The molecule has 0 amide bonds. The van der Waals surface area contributed by atoms with Gasteiger partial charge >= 0.3 is 0 Å². The van der Waals surface area contributed by atoms with Crippen molar-refractivity contribution in [3.63, 3.8) is 0 Å². The van der Waals surface area contributed by atoms with Gasteiger partial charge in [0.2, 0.25) is 0 Å². The Morgan fingerprint density at radius 1 is 1.00 bits per heavy atom. The molecule has 1 aliphatic rings. The van der Waals surface area contributed by atoms with Gasteiger partial charge in [-0.1, -0.05) is 45.0 Å². The molecule has 2 rings (SSSR count). The van der Waals surface area contributed by atoms with Gasteiger partial charge in [0, 0.05) is 39.1 Å². The quantitative estimate of drug-likeness (QED) is 0.781. The largest absolute Gasteiger partial charge is 0.301 e. The standard InChI is InChI=1S/C19H29N3/c1-19(2,3)18-8-6-17(7-9-18)16-22-14-12-21(13-15-22)11-5-4-10-20/h6-9H,4-5,11-16H2,1-3H3. The molecule has 0 aliphatic carbocycles. The Morgan fingerprint density at radius 2 is 1.59 bits per heavy atom. The second kappa shape index (κ2) is 7.76. The van der Waals surface area contributed by atoms with Crippen LogP contribution in [0.2, 0.25) is 0 Å². The number of benzene rings is 1. The summed E-state index contributed by atoms with van der Waals surface area (Å²) in [5.74, 6) is 0. The molecule has 3 nitrogen and oxygen atoms in total. The minimum absolute atomic E-state index is 0.230. The van der Waals surface area contributed by atoms with Crippen molar-refractivity contribution in [1.29, 1.82) is 5.26 Å². The van der Waals surface area contributed by atoms with Gasteiger partial charge < -0.3 is 4.90 Å². The summed E-state index contributed by atoms with van der Waals surface area (Å²) < 4.78 is 0. The van der Waals surface area contributed by atoms with Crippen molar-refractivity contribution >= 4 is 0 Å². The molecule has 0 N–H and O–H groups in total. The topological polar surface area (TPSA) is 30.3 Å². The Balaban J connectivity index is 1.77. The first kappa shape index (κ1) is 17.0. The molecule has 0 unspecified atom stereocenters. The highest BCUT2D eigenvalue weighted by molar-refractivity contribution is 5.27. The van der Waals surface area contributed by atoms with E-state index in [2.05, 4.69) is 60.9 Å².